The molecule has 2 heterocycles. The van der Waals surface area contributed by atoms with E-state index in [9.17, 15) is 13.6 Å². The predicted molar refractivity (Wildman–Crippen MR) is 101 cm³/mol. The number of para-hydroxylation sites is 1. The van der Waals surface area contributed by atoms with Gasteiger partial charge in [0, 0.05) is 36.2 Å². The summed E-state index contributed by atoms with van der Waals surface area (Å²) < 4.78 is 35.8. The first-order valence-electron chi connectivity index (χ1n) is 8.61. The number of allylic oxidation sites excluding steroid dienone is 2. The smallest absolute Gasteiger partial charge is 0.387 e. The number of halogens is 2. The first kappa shape index (κ1) is 18.0. The van der Waals surface area contributed by atoms with Crippen LogP contribution in [0.1, 0.15) is 11.3 Å². The lowest BCUT2D eigenvalue weighted by molar-refractivity contribution is -0.110. The number of ether oxygens (including phenoxy) is 1. The molecule has 1 unspecified atom stereocenters. The van der Waals surface area contributed by atoms with E-state index in [1.54, 1.807) is 19.2 Å². The number of ketones is 1. The fourth-order valence-corrected chi connectivity index (χ4v) is 3.54. The Hall–Kier alpha value is -3.42. The van der Waals surface area contributed by atoms with E-state index in [1.165, 1.54) is 24.6 Å². The highest BCUT2D eigenvalue weighted by Gasteiger charge is 2.35. The number of hydrogen-bond acceptors (Lipinski definition) is 6. The second-order valence-electron chi connectivity index (χ2n) is 6.27. The Morgan fingerprint density at radius 1 is 1.46 bits per heavy atom. The largest absolute Gasteiger partial charge is 0.452 e. The van der Waals surface area contributed by atoms with Crippen molar-refractivity contribution in [2.45, 2.75) is 19.1 Å². The van der Waals surface area contributed by atoms with Crippen molar-refractivity contribution in [2.24, 2.45) is 4.99 Å². The van der Waals surface area contributed by atoms with Crippen molar-refractivity contribution < 1.29 is 22.7 Å². The molecule has 0 amide bonds. The van der Waals surface area contributed by atoms with Crippen molar-refractivity contribution >= 4 is 28.5 Å². The van der Waals surface area contributed by atoms with Gasteiger partial charge in [-0.25, -0.2) is 0 Å². The van der Waals surface area contributed by atoms with Gasteiger partial charge in [0.05, 0.1) is 11.6 Å². The zero-order chi connectivity index (χ0) is 19.8. The van der Waals surface area contributed by atoms with E-state index >= 15 is 0 Å². The van der Waals surface area contributed by atoms with E-state index in [2.05, 4.69) is 26.9 Å². The maximum Gasteiger partial charge on any atom is 0.387 e. The van der Waals surface area contributed by atoms with Crippen molar-refractivity contribution in [2.75, 3.05) is 7.05 Å². The lowest BCUT2D eigenvalue weighted by Crippen LogP contribution is -2.24. The predicted octanol–water partition coefficient (Wildman–Crippen LogP) is 3.16. The molecule has 1 aromatic heterocycles. The van der Waals surface area contributed by atoms with Crippen LogP contribution < -0.4 is 15.4 Å². The molecule has 8 heteroatoms. The van der Waals surface area contributed by atoms with E-state index in [-0.39, 0.29) is 23.2 Å². The van der Waals surface area contributed by atoms with Crippen molar-refractivity contribution in [1.29, 1.82) is 0 Å². The molecular formula is C20H17F2N3O3. The van der Waals surface area contributed by atoms with Crippen LogP contribution in [0.4, 0.5) is 8.78 Å². The monoisotopic (exact) mass is 385 g/mol. The fraction of sp³-hybridized carbons (Fsp3) is 0.200. The Labute approximate surface area is 159 Å². The van der Waals surface area contributed by atoms with Crippen LogP contribution in [-0.4, -0.2) is 31.7 Å². The zero-order valence-corrected chi connectivity index (χ0v) is 15.0. The third-order valence-corrected chi connectivity index (χ3v) is 4.72. The van der Waals surface area contributed by atoms with Gasteiger partial charge >= 0.3 is 6.61 Å². The van der Waals surface area contributed by atoms with Gasteiger partial charge in [0.15, 0.2) is 17.1 Å². The van der Waals surface area contributed by atoms with Crippen LogP contribution in [0.5, 0.6) is 5.75 Å². The summed E-state index contributed by atoms with van der Waals surface area (Å²) in [6.45, 7) is 0.643. The van der Waals surface area contributed by atoms with Gasteiger partial charge < -0.3 is 19.8 Å². The van der Waals surface area contributed by atoms with Crippen LogP contribution in [-0.2, 0) is 11.2 Å². The average molecular weight is 385 g/mol. The number of furan rings is 1. The molecule has 0 saturated heterocycles. The molecule has 6 nitrogen and oxygen atoms in total. The molecule has 2 aromatic rings. The molecule has 1 aliphatic carbocycles. The van der Waals surface area contributed by atoms with Crippen molar-refractivity contribution in [3.63, 3.8) is 0 Å². The van der Waals surface area contributed by atoms with Gasteiger partial charge in [0.2, 0.25) is 0 Å². The van der Waals surface area contributed by atoms with Gasteiger partial charge in [0.25, 0.3) is 0 Å². The number of carbonyl (C=O) groups is 1. The first-order chi connectivity index (χ1) is 13.5. The number of nitrogens with one attached hydrogen (secondary N) is 2. The highest BCUT2D eigenvalue weighted by Crippen LogP contribution is 2.44. The summed E-state index contributed by atoms with van der Waals surface area (Å²) in [7, 11) is 1.68. The molecule has 0 radical (unpaired) electrons. The summed E-state index contributed by atoms with van der Waals surface area (Å²) in [5, 5.41) is 6.47. The van der Waals surface area contributed by atoms with E-state index in [4.69, 9.17) is 4.42 Å². The topological polar surface area (TPSA) is 75.9 Å². The summed E-state index contributed by atoms with van der Waals surface area (Å²) >= 11 is 0. The summed E-state index contributed by atoms with van der Waals surface area (Å²) in [5.41, 5.74) is 2.07. The molecule has 1 aliphatic heterocycles. The van der Waals surface area contributed by atoms with Crippen LogP contribution in [0.25, 0.3) is 16.5 Å². The number of alkyl halides is 2. The maximum atomic E-state index is 12.8. The minimum Gasteiger partial charge on any atom is -0.452 e. The van der Waals surface area contributed by atoms with Crippen LogP contribution in [0.2, 0.25) is 0 Å². The van der Waals surface area contributed by atoms with Gasteiger partial charge in [-0.2, -0.15) is 8.78 Å². The number of benzene rings is 1. The number of fused-ring (bicyclic) bond motifs is 5. The Morgan fingerprint density at radius 2 is 2.29 bits per heavy atom. The summed E-state index contributed by atoms with van der Waals surface area (Å²) in [5.74, 6) is 0.686. The number of rotatable bonds is 5. The van der Waals surface area contributed by atoms with E-state index in [1.807, 2.05) is 0 Å². The number of carbonyl (C=O) groups excluding carboxylic acids is 1. The van der Waals surface area contributed by atoms with Gasteiger partial charge in [-0.1, -0.05) is 18.7 Å². The minimum atomic E-state index is -2.95. The zero-order valence-electron chi connectivity index (χ0n) is 15.0. The average Bonchev–Trinajstić information content (AvgIpc) is 3.13. The second kappa shape index (κ2) is 6.95. The van der Waals surface area contributed by atoms with Crippen LogP contribution in [0.3, 0.4) is 0 Å². The van der Waals surface area contributed by atoms with Crippen LogP contribution >= 0.6 is 0 Å². The lowest BCUT2D eigenvalue weighted by Gasteiger charge is -2.09. The number of aliphatic imine (C=N–C) groups is 1. The number of hydrogen-bond donors (Lipinski definition) is 2. The molecule has 4 rings (SSSR count). The molecule has 0 saturated carbocycles. The van der Waals surface area contributed by atoms with E-state index < -0.39 is 6.61 Å². The third kappa shape index (κ3) is 2.87. The van der Waals surface area contributed by atoms with Crippen LogP contribution in [0, 0.1) is 0 Å². The molecule has 2 N–H and O–H groups in total. The lowest BCUT2D eigenvalue weighted by atomic mass is 10.1. The summed E-state index contributed by atoms with van der Waals surface area (Å²) in [4.78, 5) is 17.3. The number of nitrogens with zero attached hydrogens (tertiary/aromatic N) is 1. The fourth-order valence-electron chi connectivity index (χ4n) is 3.54. The molecule has 1 atom stereocenters. The quantitative estimate of drug-likeness (QED) is 0.774. The maximum absolute atomic E-state index is 12.8. The summed E-state index contributed by atoms with van der Waals surface area (Å²) in [6.07, 6.45) is 4.98. The highest BCUT2D eigenvalue weighted by molar-refractivity contribution is 6.22. The first-order valence-corrected chi connectivity index (χ1v) is 8.61. The highest BCUT2D eigenvalue weighted by atomic mass is 19.3. The SMILES string of the molecule is C=CN/C(NC)=C1/C=NC2Cc3c(oc4c(OC(F)F)cccc34)C2=CC1=O. The normalized spacial score (nSPS) is 19.8. The van der Waals surface area contributed by atoms with Crippen molar-refractivity contribution in [1.82, 2.24) is 10.6 Å². The van der Waals surface area contributed by atoms with Crippen molar-refractivity contribution in [3.05, 3.63) is 59.8 Å². The van der Waals surface area contributed by atoms with Crippen molar-refractivity contribution in [3.8, 4) is 5.75 Å². The third-order valence-electron chi connectivity index (χ3n) is 4.72. The molecular weight excluding hydrogens is 368 g/mol. The van der Waals surface area contributed by atoms with E-state index in [0.717, 1.165) is 5.56 Å². The van der Waals surface area contributed by atoms with Crippen LogP contribution in [0.15, 0.2) is 57.9 Å². The van der Waals surface area contributed by atoms with Gasteiger partial charge in [-0.15, -0.1) is 0 Å². The van der Waals surface area contributed by atoms with E-state index in [0.29, 0.717) is 34.5 Å². The molecule has 28 heavy (non-hydrogen) atoms. The second-order valence-corrected chi connectivity index (χ2v) is 6.27. The van der Waals surface area contributed by atoms with Gasteiger partial charge in [-0.3, -0.25) is 9.79 Å². The molecule has 144 valence electrons. The minimum absolute atomic E-state index is 0.0317. The molecule has 2 aliphatic rings. The Bertz CT molecular complexity index is 1070. The Kier molecular flexibility index (Phi) is 4.46. The Balaban J connectivity index is 1.81. The molecule has 1 aromatic carbocycles. The standard InChI is InChI=1S/C20H17F2N3O3/c1-3-24-19(23-2)13-9-25-14-7-11-10-5-4-6-16(27-20(21)22)18(10)28-17(11)12(14)8-15(13)26/h3-6,8-9,14,20,23-24H,1,7H2,2H3/b19-13-. The molecule has 0 spiro atoms. The Morgan fingerprint density at radius 3 is 3.00 bits per heavy atom. The van der Waals surface area contributed by atoms with Gasteiger partial charge in [-0.05, 0) is 18.3 Å². The molecule has 0 bridgehead atoms. The molecule has 0 fully saturated rings. The van der Waals surface area contributed by atoms with Gasteiger partial charge in [0.1, 0.15) is 11.6 Å². The summed E-state index contributed by atoms with van der Waals surface area (Å²) in [6, 6.07) is 4.57.